The van der Waals surface area contributed by atoms with E-state index in [0.717, 1.165) is 12.1 Å². The Morgan fingerprint density at radius 1 is 1.45 bits per heavy atom. The number of hydrogen-bond donors (Lipinski definition) is 2. The molecule has 1 aliphatic carbocycles. The lowest BCUT2D eigenvalue weighted by Gasteiger charge is -2.23. The molecule has 0 aromatic heterocycles. The van der Waals surface area contributed by atoms with Gasteiger partial charge in [0.2, 0.25) is 0 Å². The Kier molecular flexibility index (Phi) is 2.72. The van der Waals surface area contributed by atoms with Crippen LogP contribution in [0.5, 0.6) is 0 Å². The van der Waals surface area contributed by atoms with E-state index in [1.807, 2.05) is 0 Å². The second-order valence-corrected chi connectivity index (χ2v) is 4.56. The predicted molar refractivity (Wildman–Crippen MR) is 50.1 cm³/mol. The molecule has 1 saturated carbocycles. The fraction of sp³-hybridized carbons (Fsp3) is 1.00. The van der Waals surface area contributed by atoms with Gasteiger partial charge in [-0.2, -0.15) is 11.8 Å². The van der Waals surface area contributed by atoms with E-state index in [1.54, 1.807) is 0 Å². The van der Waals surface area contributed by atoms with Crippen molar-refractivity contribution in [1.29, 1.82) is 0 Å². The highest BCUT2D eigenvalue weighted by Gasteiger charge is 2.22. The molecule has 1 atom stereocenters. The lowest BCUT2D eigenvalue weighted by molar-refractivity contribution is 0.512. The molecular weight excluding hydrogens is 156 g/mol. The van der Waals surface area contributed by atoms with Crippen LogP contribution < -0.4 is 10.6 Å². The zero-order valence-electron chi connectivity index (χ0n) is 6.81. The summed E-state index contributed by atoms with van der Waals surface area (Å²) in [4.78, 5) is 0. The zero-order chi connectivity index (χ0) is 7.52. The summed E-state index contributed by atoms with van der Waals surface area (Å²) in [7, 11) is 0. The molecule has 0 amide bonds. The van der Waals surface area contributed by atoms with Crippen LogP contribution in [0.25, 0.3) is 0 Å². The van der Waals surface area contributed by atoms with E-state index in [-0.39, 0.29) is 0 Å². The van der Waals surface area contributed by atoms with Gasteiger partial charge in [-0.15, -0.1) is 0 Å². The molecule has 2 N–H and O–H groups in total. The van der Waals surface area contributed by atoms with Gasteiger partial charge in [-0.3, -0.25) is 0 Å². The molecule has 2 fully saturated rings. The first kappa shape index (κ1) is 7.90. The molecule has 0 spiro atoms. The smallest absolute Gasteiger partial charge is 0.0283 e. The summed E-state index contributed by atoms with van der Waals surface area (Å²) in [6.45, 7) is 2.37. The summed E-state index contributed by atoms with van der Waals surface area (Å²) in [5.74, 6) is 2.58. The largest absolute Gasteiger partial charge is 0.312 e. The van der Waals surface area contributed by atoms with Gasteiger partial charge in [0, 0.05) is 36.7 Å². The van der Waals surface area contributed by atoms with Crippen LogP contribution in [0, 0.1) is 0 Å². The van der Waals surface area contributed by atoms with Crippen molar-refractivity contribution in [2.24, 2.45) is 0 Å². The van der Waals surface area contributed by atoms with Gasteiger partial charge in [0.05, 0.1) is 0 Å². The average Bonchev–Trinajstić information content (AvgIpc) is 2.86. The van der Waals surface area contributed by atoms with E-state index < -0.39 is 0 Å². The lowest BCUT2D eigenvalue weighted by atomic mass is 10.3. The summed E-state index contributed by atoms with van der Waals surface area (Å²) in [5, 5.41) is 7.07. The van der Waals surface area contributed by atoms with Crippen molar-refractivity contribution in [3.63, 3.8) is 0 Å². The highest BCUT2D eigenvalue weighted by Crippen LogP contribution is 2.18. The van der Waals surface area contributed by atoms with Crippen molar-refractivity contribution in [2.45, 2.75) is 24.9 Å². The van der Waals surface area contributed by atoms with Gasteiger partial charge in [0.15, 0.2) is 0 Å². The van der Waals surface area contributed by atoms with Gasteiger partial charge in [-0.1, -0.05) is 0 Å². The van der Waals surface area contributed by atoms with E-state index >= 15 is 0 Å². The average molecular weight is 172 g/mol. The van der Waals surface area contributed by atoms with Crippen LogP contribution in [0.15, 0.2) is 0 Å². The maximum atomic E-state index is 3.55. The predicted octanol–water partition coefficient (Wildman–Crippen LogP) is 0.443. The molecule has 1 heterocycles. The van der Waals surface area contributed by atoms with Crippen LogP contribution in [0.4, 0.5) is 0 Å². The summed E-state index contributed by atoms with van der Waals surface area (Å²) >= 11 is 2.07. The van der Waals surface area contributed by atoms with E-state index in [0.29, 0.717) is 0 Å². The van der Waals surface area contributed by atoms with Crippen molar-refractivity contribution >= 4 is 11.8 Å². The summed E-state index contributed by atoms with van der Waals surface area (Å²) in [5.41, 5.74) is 0. The molecule has 0 radical (unpaired) electrons. The molecule has 2 aliphatic rings. The van der Waals surface area contributed by atoms with Gasteiger partial charge in [-0.25, -0.2) is 0 Å². The third-order valence-corrected chi connectivity index (χ3v) is 3.36. The Labute approximate surface area is 72.5 Å². The van der Waals surface area contributed by atoms with E-state index in [2.05, 4.69) is 22.4 Å². The minimum absolute atomic E-state index is 0.731. The van der Waals surface area contributed by atoms with Crippen LogP contribution in [0.1, 0.15) is 12.8 Å². The minimum Gasteiger partial charge on any atom is -0.312 e. The monoisotopic (exact) mass is 172 g/mol. The normalized spacial score (nSPS) is 32.2. The molecule has 0 bridgehead atoms. The lowest BCUT2D eigenvalue weighted by Crippen LogP contribution is -2.44. The van der Waals surface area contributed by atoms with Crippen molar-refractivity contribution in [3.05, 3.63) is 0 Å². The Morgan fingerprint density at radius 3 is 3.00 bits per heavy atom. The van der Waals surface area contributed by atoms with Crippen LogP contribution in [-0.2, 0) is 0 Å². The Bertz CT molecular complexity index is 119. The van der Waals surface area contributed by atoms with Gasteiger partial charge in [-0.05, 0) is 12.8 Å². The second-order valence-electron chi connectivity index (χ2n) is 3.41. The topological polar surface area (TPSA) is 24.1 Å². The minimum atomic E-state index is 0.731. The first-order valence-electron chi connectivity index (χ1n) is 4.49. The second kappa shape index (κ2) is 3.78. The molecule has 3 heteroatoms. The molecule has 1 aliphatic heterocycles. The molecule has 11 heavy (non-hydrogen) atoms. The fourth-order valence-electron chi connectivity index (χ4n) is 1.35. The maximum Gasteiger partial charge on any atom is 0.0283 e. The van der Waals surface area contributed by atoms with E-state index in [9.17, 15) is 0 Å². The fourth-order valence-corrected chi connectivity index (χ4v) is 2.30. The number of rotatable bonds is 3. The highest BCUT2D eigenvalue weighted by molar-refractivity contribution is 7.99. The first-order chi connectivity index (χ1) is 5.45. The SMILES string of the molecule is C1CSCC(CNC2CC2)N1. The quantitative estimate of drug-likeness (QED) is 0.646. The van der Waals surface area contributed by atoms with Crippen molar-refractivity contribution in [1.82, 2.24) is 10.6 Å². The maximum absolute atomic E-state index is 3.55. The van der Waals surface area contributed by atoms with Crippen molar-refractivity contribution in [3.8, 4) is 0 Å². The van der Waals surface area contributed by atoms with Crippen molar-refractivity contribution < 1.29 is 0 Å². The molecule has 0 aromatic rings. The highest BCUT2D eigenvalue weighted by atomic mass is 32.2. The first-order valence-corrected chi connectivity index (χ1v) is 5.65. The Hall–Kier alpha value is 0.270. The van der Waals surface area contributed by atoms with Gasteiger partial charge < -0.3 is 10.6 Å². The molecule has 2 rings (SSSR count). The Balaban J connectivity index is 1.59. The standard InChI is InChI=1S/C8H16N2S/c1-2-7(1)10-5-8-6-11-4-3-9-8/h7-10H,1-6H2. The molecule has 1 saturated heterocycles. The van der Waals surface area contributed by atoms with Crippen molar-refractivity contribution in [2.75, 3.05) is 24.6 Å². The van der Waals surface area contributed by atoms with E-state index in [4.69, 9.17) is 0 Å². The van der Waals surface area contributed by atoms with Gasteiger partial charge in [0.1, 0.15) is 0 Å². The van der Waals surface area contributed by atoms with Gasteiger partial charge in [0.25, 0.3) is 0 Å². The third-order valence-electron chi connectivity index (χ3n) is 2.23. The molecule has 0 aromatic carbocycles. The molecule has 2 nitrogen and oxygen atoms in total. The van der Waals surface area contributed by atoms with Crippen LogP contribution in [0.2, 0.25) is 0 Å². The van der Waals surface area contributed by atoms with Crippen LogP contribution in [0.3, 0.4) is 0 Å². The summed E-state index contributed by atoms with van der Waals surface area (Å²) < 4.78 is 0. The number of thioether (sulfide) groups is 1. The zero-order valence-corrected chi connectivity index (χ0v) is 7.62. The van der Waals surface area contributed by atoms with Crippen LogP contribution in [-0.4, -0.2) is 36.7 Å². The summed E-state index contributed by atoms with van der Waals surface area (Å²) in [6.07, 6.45) is 2.81. The third kappa shape index (κ3) is 2.65. The Morgan fingerprint density at radius 2 is 2.36 bits per heavy atom. The van der Waals surface area contributed by atoms with E-state index in [1.165, 1.54) is 37.4 Å². The van der Waals surface area contributed by atoms with Crippen LogP contribution >= 0.6 is 11.8 Å². The van der Waals surface area contributed by atoms with Gasteiger partial charge >= 0.3 is 0 Å². The number of nitrogens with one attached hydrogen (secondary N) is 2. The molecule has 1 unspecified atom stereocenters. The molecule has 64 valence electrons. The molecular formula is C8H16N2S. The summed E-state index contributed by atoms with van der Waals surface area (Å²) in [6, 6.07) is 1.60. The number of hydrogen-bond acceptors (Lipinski definition) is 3.